The molecule has 1 N–H and O–H groups in total. The van der Waals surface area contributed by atoms with Gasteiger partial charge in [0.25, 0.3) is 0 Å². The predicted octanol–water partition coefficient (Wildman–Crippen LogP) is 4.28. The Morgan fingerprint density at radius 2 is 2.25 bits per heavy atom. The van der Waals surface area contributed by atoms with Gasteiger partial charge in [-0.15, -0.1) is 0 Å². The average Bonchev–Trinajstić information content (AvgIpc) is 2.83. The van der Waals surface area contributed by atoms with Crippen molar-refractivity contribution in [2.45, 2.75) is 46.1 Å². The molecule has 0 spiro atoms. The van der Waals surface area contributed by atoms with Crippen molar-refractivity contribution < 1.29 is 0 Å². The molecule has 3 rings (SSSR count). The number of anilines is 2. The van der Waals surface area contributed by atoms with Crippen LogP contribution in [0.15, 0.2) is 12.1 Å². The third kappa shape index (κ3) is 2.49. The van der Waals surface area contributed by atoms with Gasteiger partial charge < -0.3 is 10.2 Å². The summed E-state index contributed by atoms with van der Waals surface area (Å²) < 4.78 is 1.31. The summed E-state index contributed by atoms with van der Waals surface area (Å²) in [6.45, 7) is 8.89. The highest BCUT2D eigenvalue weighted by Gasteiger charge is 2.20. The van der Waals surface area contributed by atoms with Crippen LogP contribution in [0.5, 0.6) is 0 Å². The number of thiazole rings is 1. The quantitative estimate of drug-likeness (QED) is 0.910. The van der Waals surface area contributed by atoms with Crippen LogP contribution in [-0.4, -0.2) is 24.1 Å². The fourth-order valence-electron chi connectivity index (χ4n) is 2.88. The number of aryl methyl sites for hydroxylation is 1. The van der Waals surface area contributed by atoms with Crippen molar-refractivity contribution in [3.8, 4) is 0 Å². The fraction of sp³-hybridized carbons (Fsp3) is 0.562. The lowest BCUT2D eigenvalue weighted by Crippen LogP contribution is -2.35. The van der Waals surface area contributed by atoms with Gasteiger partial charge in [-0.1, -0.05) is 18.3 Å². The van der Waals surface area contributed by atoms with Crippen LogP contribution in [0.1, 0.15) is 39.2 Å². The van der Waals surface area contributed by atoms with E-state index in [0.717, 1.165) is 23.6 Å². The molecule has 4 heteroatoms. The Bertz CT molecular complexity index is 603. The number of fused-ring (bicyclic) bond motifs is 2. The Morgan fingerprint density at radius 3 is 3.00 bits per heavy atom. The first-order valence-electron chi connectivity index (χ1n) is 7.63. The minimum absolute atomic E-state index is 0.558. The zero-order chi connectivity index (χ0) is 14.1. The second-order valence-electron chi connectivity index (χ2n) is 5.79. The molecule has 20 heavy (non-hydrogen) atoms. The van der Waals surface area contributed by atoms with Crippen LogP contribution in [0.25, 0.3) is 10.2 Å². The Morgan fingerprint density at radius 1 is 1.40 bits per heavy atom. The number of benzene rings is 1. The molecule has 0 unspecified atom stereocenters. The molecule has 2 heterocycles. The molecule has 1 aromatic carbocycles. The molecule has 0 bridgehead atoms. The molecule has 2 aromatic rings. The number of aromatic nitrogens is 1. The molecule has 0 aliphatic carbocycles. The van der Waals surface area contributed by atoms with Gasteiger partial charge in [0.15, 0.2) is 5.13 Å². The van der Waals surface area contributed by atoms with E-state index in [1.165, 1.54) is 35.3 Å². The van der Waals surface area contributed by atoms with Gasteiger partial charge in [-0.25, -0.2) is 4.98 Å². The van der Waals surface area contributed by atoms with E-state index in [9.17, 15) is 0 Å². The van der Waals surface area contributed by atoms with E-state index < -0.39 is 0 Å². The Hall–Kier alpha value is -1.29. The minimum Gasteiger partial charge on any atom is -0.369 e. The molecule has 0 fully saturated rings. The summed E-state index contributed by atoms with van der Waals surface area (Å²) in [7, 11) is 0. The van der Waals surface area contributed by atoms with Crippen LogP contribution in [0.4, 0.5) is 10.8 Å². The van der Waals surface area contributed by atoms with Gasteiger partial charge in [0.05, 0.1) is 10.2 Å². The largest absolute Gasteiger partial charge is 0.369 e. The maximum Gasteiger partial charge on any atom is 0.183 e. The third-order valence-electron chi connectivity index (χ3n) is 3.89. The SMILES string of the molecule is CCCNc1nc2cc3c(cc2s1)CCCN3C(C)C. The molecule has 0 saturated carbocycles. The number of rotatable bonds is 4. The molecule has 0 saturated heterocycles. The summed E-state index contributed by atoms with van der Waals surface area (Å²) in [5.74, 6) is 0. The average molecular weight is 289 g/mol. The molecule has 0 atom stereocenters. The highest BCUT2D eigenvalue weighted by molar-refractivity contribution is 7.22. The topological polar surface area (TPSA) is 28.2 Å². The monoisotopic (exact) mass is 289 g/mol. The van der Waals surface area contributed by atoms with E-state index in [0.29, 0.717) is 6.04 Å². The molecule has 3 nitrogen and oxygen atoms in total. The second-order valence-corrected chi connectivity index (χ2v) is 6.82. The Kier molecular flexibility index (Phi) is 3.83. The van der Waals surface area contributed by atoms with Crippen molar-refractivity contribution >= 4 is 32.4 Å². The van der Waals surface area contributed by atoms with E-state index in [1.807, 2.05) is 0 Å². The lowest BCUT2D eigenvalue weighted by atomic mass is 10.00. The summed E-state index contributed by atoms with van der Waals surface area (Å²) in [5.41, 5.74) is 4.02. The van der Waals surface area contributed by atoms with Gasteiger partial charge >= 0.3 is 0 Å². The standard InChI is InChI=1S/C16H23N3S/c1-4-7-17-16-18-13-10-14-12(9-15(13)20-16)6-5-8-19(14)11(2)3/h9-11H,4-8H2,1-3H3,(H,17,18). The van der Waals surface area contributed by atoms with E-state index >= 15 is 0 Å². The van der Waals surface area contributed by atoms with E-state index in [4.69, 9.17) is 4.98 Å². The van der Waals surface area contributed by atoms with Gasteiger partial charge in [0.2, 0.25) is 0 Å². The summed E-state index contributed by atoms with van der Waals surface area (Å²) >= 11 is 1.78. The van der Waals surface area contributed by atoms with Gasteiger partial charge in [-0.05, 0) is 50.8 Å². The van der Waals surface area contributed by atoms with Crippen LogP contribution < -0.4 is 10.2 Å². The van der Waals surface area contributed by atoms with Crippen LogP contribution in [0.2, 0.25) is 0 Å². The molecular formula is C16H23N3S. The minimum atomic E-state index is 0.558. The predicted molar refractivity (Wildman–Crippen MR) is 89.2 cm³/mol. The first-order chi connectivity index (χ1) is 9.69. The lowest BCUT2D eigenvalue weighted by Gasteiger charge is -2.34. The molecule has 1 aromatic heterocycles. The summed E-state index contributed by atoms with van der Waals surface area (Å²) in [6.07, 6.45) is 3.59. The van der Waals surface area contributed by atoms with Crippen molar-refractivity contribution in [3.63, 3.8) is 0 Å². The van der Waals surface area contributed by atoms with Crippen LogP contribution in [0.3, 0.4) is 0 Å². The smallest absolute Gasteiger partial charge is 0.183 e. The maximum absolute atomic E-state index is 4.73. The van der Waals surface area contributed by atoms with Crippen LogP contribution >= 0.6 is 11.3 Å². The molecular weight excluding hydrogens is 266 g/mol. The highest BCUT2D eigenvalue weighted by atomic mass is 32.1. The van der Waals surface area contributed by atoms with Gasteiger partial charge in [0, 0.05) is 24.8 Å². The summed E-state index contributed by atoms with van der Waals surface area (Å²) in [6, 6.07) is 5.20. The van der Waals surface area contributed by atoms with E-state index in [1.54, 1.807) is 11.3 Å². The molecule has 1 aliphatic heterocycles. The number of nitrogens with zero attached hydrogens (tertiary/aromatic N) is 2. The molecule has 0 radical (unpaired) electrons. The zero-order valence-corrected chi connectivity index (χ0v) is 13.4. The fourth-order valence-corrected chi connectivity index (χ4v) is 3.81. The highest BCUT2D eigenvalue weighted by Crippen LogP contribution is 2.36. The van der Waals surface area contributed by atoms with Crippen molar-refractivity contribution in [2.75, 3.05) is 23.3 Å². The maximum atomic E-state index is 4.73. The summed E-state index contributed by atoms with van der Waals surface area (Å²) in [5, 5.41) is 4.46. The molecule has 0 amide bonds. The second kappa shape index (κ2) is 5.60. The number of nitrogens with one attached hydrogen (secondary N) is 1. The third-order valence-corrected chi connectivity index (χ3v) is 4.87. The van der Waals surface area contributed by atoms with Crippen molar-refractivity contribution in [2.24, 2.45) is 0 Å². The van der Waals surface area contributed by atoms with E-state index in [-0.39, 0.29) is 0 Å². The Balaban J connectivity index is 2.00. The molecule has 1 aliphatic rings. The summed E-state index contributed by atoms with van der Waals surface area (Å²) in [4.78, 5) is 7.24. The van der Waals surface area contributed by atoms with Crippen molar-refractivity contribution in [1.29, 1.82) is 0 Å². The van der Waals surface area contributed by atoms with Crippen molar-refractivity contribution in [1.82, 2.24) is 4.98 Å². The van der Waals surface area contributed by atoms with E-state index in [2.05, 4.69) is 43.1 Å². The van der Waals surface area contributed by atoms with Crippen LogP contribution in [-0.2, 0) is 6.42 Å². The molecule has 108 valence electrons. The zero-order valence-electron chi connectivity index (χ0n) is 12.6. The van der Waals surface area contributed by atoms with Crippen molar-refractivity contribution in [3.05, 3.63) is 17.7 Å². The first kappa shape index (κ1) is 13.7. The van der Waals surface area contributed by atoms with Gasteiger partial charge in [0.1, 0.15) is 0 Å². The number of hydrogen-bond donors (Lipinski definition) is 1. The van der Waals surface area contributed by atoms with Crippen LogP contribution in [0, 0.1) is 0 Å². The van der Waals surface area contributed by atoms with Gasteiger partial charge in [-0.2, -0.15) is 0 Å². The lowest BCUT2D eigenvalue weighted by molar-refractivity contribution is 0.626. The first-order valence-corrected chi connectivity index (χ1v) is 8.44. The van der Waals surface area contributed by atoms with Gasteiger partial charge in [-0.3, -0.25) is 0 Å². The Labute approximate surface area is 125 Å². The number of hydrogen-bond acceptors (Lipinski definition) is 4. The normalized spacial score (nSPS) is 14.9.